The number of fused-ring (bicyclic) bond motifs is 1. The number of aromatic nitrogens is 2. The molecule has 2 N–H and O–H groups in total. The first-order chi connectivity index (χ1) is 15.0. The van der Waals surface area contributed by atoms with Gasteiger partial charge in [-0.2, -0.15) is 0 Å². The van der Waals surface area contributed by atoms with Gasteiger partial charge in [0.1, 0.15) is 11.1 Å². The fourth-order valence-electron chi connectivity index (χ4n) is 5.00. The van der Waals surface area contributed by atoms with E-state index < -0.39 is 12.0 Å². The van der Waals surface area contributed by atoms with Crippen LogP contribution in [0.3, 0.4) is 0 Å². The first-order valence-corrected chi connectivity index (χ1v) is 10.6. The number of nitrogens with one attached hydrogen (secondary N) is 2. The van der Waals surface area contributed by atoms with Crippen molar-refractivity contribution in [1.82, 2.24) is 14.9 Å². The Morgan fingerprint density at radius 3 is 2.87 bits per heavy atom. The normalized spacial score (nSPS) is 32.8. The second-order valence-electron chi connectivity index (χ2n) is 8.48. The SMILES string of the molecule is COC1(C2=CC(C(F)F)=CC(=C3CC(C4CCOC4)n4cnc(=N)cc43)N2)CCOC1. The molecule has 3 atom stereocenters. The Morgan fingerprint density at radius 2 is 2.19 bits per heavy atom. The van der Waals surface area contributed by atoms with Gasteiger partial charge in [-0.05, 0) is 25.0 Å². The Balaban J connectivity index is 1.61. The Hall–Kier alpha value is -2.36. The van der Waals surface area contributed by atoms with Crippen LogP contribution >= 0.6 is 0 Å². The number of nitrogens with zero attached hydrogens (tertiary/aromatic N) is 2. The second kappa shape index (κ2) is 7.96. The van der Waals surface area contributed by atoms with E-state index in [1.807, 2.05) is 0 Å². The molecule has 0 bridgehead atoms. The molecule has 0 radical (unpaired) electrons. The van der Waals surface area contributed by atoms with Crippen LogP contribution in [0, 0.1) is 11.3 Å². The van der Waals surface area contributed by atoms with E-state index in [2.05, 4.69) is 14.9 Å². The third-order valence-corrected chi connectivity index (χ3v) is 6.80. The minimum Gasteiger partial charge on any atom is -0.381 e. The standard InChI is InChI=1S/C22H26F2N4O3/c1-29-22(3-5-31-11-22)19-7-14(21(23)24)6-16(27-19)15-8-17(13-2-4-30-10-13)28-12-26-20(25)9-18(15)28/h6-7,9,12-13,17,21,25,27H,2-5,8,10-11H2,1H3. The number of alkyl halides is 2. The zero-order chi connectivity index (χ0) is 21.6. The largest absolute Gasteiger partial charge is 0.381 e. The number of methoxy groups -OCH3 is 1. The fraction of sp³-hybridized carbons (Fsp3) is 0.545. The lowest BCUT2D eigenvalue weighted by atomic mass is 9.91. The number of rotatable bonds is 4. The molecular weight excluding hydrogens is 406 g/mol. The van der Waals surface area contributed by atoms with Crippen molar-refractivity contribution in [3.8, 4) is 0 Å². The fourth-order valence-corrected chi connectivity index (χ4v) is 5.00. The van der Waals surface area contributed by atoms with Crippen LogP contribution in [-0.2, 0) is 14.2 Å². The van der Waals surface area contributed by atoms with Gasteiger partial charge in [-0.25, -0.2) is 13.8 Å². The van der Waals surface area contributed by atoms with Gasteiger partial charge in [-0.3, -0.25) is 5.41 Å². The topological polar surface area (TPSA) is 81.4 Å². The summed E-state index contributed by atoms with van der Waals surface area (Å²) in [5.74, 6) is 0.325. The van der Waals surface area contributed by atoms with Crippen LogP contribution < -0.4 is 10.8 Å². The van der Waals surface area contributed by atoms with Gasteiger partial charge in [0.2, 0.25) is 0 Å². The van der Waals surface area contributed by atoms with Gasteiger partial charge in [0, 0.05) is 61.6 Å². The van der Waals surface area contributed by atoms with Gasteiger partial charge in [0.25, 0.3) is 6.43 Å². The van der Waals surface area contributed by atoms with Crippen molar-refractivity contribution in [3.63, 3.8) is 0 Å². The second-order valence-corrected chi connectivity index (χ2v) is 8.48. The summed E-state index contributed by atoms with van der Waals surface area (Å²) >= 11 is 0. The molecular formula is C22H26F2N4O3. The predicted molar refractivity (Wildman–Crippen MR) is 108 cm³/mol. The summed E-state index contributed by atoms with van der Waals surface area (Å²) in [5, 5.41) is 11.4. The Bertz CT molecular complexity index is 1020. The molecule has 3 unspecified atom stereocenters. The van der Waals surface area contributed by atoms with E-state index in [1.165, 1.54) is 12.2 Å². The van der Waals surface area contributed by atoms with E-state index in [0.717, 1.165) is 24.3 Å². The van der Waals surface area contributed by atoms with Crippen molar-refractivity contribution in [3.05, 3.63) is 52.7 Å². The number of ether oxygens (including phenoxy) is 3. The van der Waals surface area contributed by atoms with E-state index in [-0.39, 0.29) is 17.1 Å². The Labute approximate surface area is 178 Å². The van der Waals surface area contributed by atoms with Gasteiger partial charge >= 0.3 is 0 Å². The molecule has 2 saturated heterocycles. The monoisotopic (exact) mass is 432 g/mol. The molecule has 0 spiro atoms. The summed E-state index contributed by atoms with van der Waals surface area (Å²) < 4.78 is 46.7. The maximum absolute atomic E-state index is 13.9. The molecule has 4 aliphatic heterocycles. The van der Waals surface area contributed by atoms with Crippen molar-refractivity contribution in [2.75, 3.05) is 33.5 Å². The molecule has 5 heterocycles. The lowest BCUT2D eigenvalue weighted by molar-refractivity contribution is 0.00825. The van der Waals surface area contributed by atoms with Crippen LogP contribution in [0.1, 0.15) is 31.0 Å². The van der Waals surface area contributed by atoms with E-state index in [0.29, 0.717) is 50.0 Å². The highest BCUT2D eigenvalue weighted by molar-refractivity contribution is 5.73. The number of dihydropyridines is 1. The zero-order valence-electron chi connectivity index (χ0n) is 17.4. The highest BCUT2D eigenvalue weighted by Crippen LogP contribution is 2.44. The number of hydrogen-bond donors (Lipinski definition) is 2. The number of halogens is 2. The summed E-state index contributed by atoms with van der Waals surface area (Å²) in [4.78, 5) is 4.16. The van der Waals surface area contributed by atoms with Gasteiger partial charge in [-0.15, -0.1) is 0 Å². The molecule has 2 fully saturated rings. The molecule has 9 heteroatoms. The molecule has 0 saturated carbocycles. The maximum Gasteiger partial charge on any atom is 0.263 e. The first kappa shape index (κ1) is 20.5. The lowest BCUT2D eigenvalue weighted by Crippen LogP contribution is -2.41. The van der Waals surface area contributed by atoms with Gasteiger partial charge in [0.15, 0.2) is 0 Å². The molecule has 31 heavy (non-hydrogen) atoms. The average Bonchev–Trinajstić information content (AvgIpc) is 3.52. The average molecular weight is 432 g/mol. The Kier molecular flexibility index (Phi) is 5.27. The highest BCUT2D eigenvalue weighted by Gasteiger charge is 2.42. The molecule has 0 amide bonds. The minimum atomic E-state index is -2.61. The molecule has 5 rings (SSSR count). The number of allylic oxidation sites excluding steroid dienone is 4. The Morgan fingerprint density at radius 1 is 1.32 bits per heavy atom. The van der Waals surface area contributed by atoms with E-state index in [4.69, 9.17) is 19.6 Å². The lowest BCUT2D eigenvalue weighted by Gasteiger charge is -2.33. The third kappa shape index (κ3) is 3.54. The summed E-state index contributed by atoms with van der Waals surface area (Å²) in [5.41, 5.74) is 2.27. The van der Waals surface area contributed by atoms with Crippen molar-refractivity contribution in [1.29, 1.82) is 5.41 Å². The van der Waals surface area contributed by atoms with Crippen LogP contribution in [0.2, 0.25) is 0 Å². The van der Waals surface area contributed by atoms with Crippen LogP contribution in [0.25, 0.3) is 5.57 Å². The quantitative estimate of drug-likeness (QED) is 0.764. The van der Waals surface area contributed by atoms with E-state index in [9.17, 15) is 8.78 Å². The van der Waals surface area contributed by atoms with Crippen LogP contribution in [0.15, 0.2) is 41.5 Å². The van der Waals surface area contributed by atoms with Crippen molar-refractivity contribution in [2.45, 2.75) is 37.3 Å². The smallest absolute Gasteiger partial charge is 0.263 e. The minimum absolute atomic E-state index is 0.0565. The number of hydrogen-bond acceptors (Lipinski definition) is 6. The molecule has 166 valence electrons. The van der Waals surface area contributed by atoms with E-state index in [1.54, 1.807) is 19.5 Å². The summed E-state index contributed by atoms with van der Waals surface area (Å²) in [6, 6.07) is 1.83. The highest BCUT2D eigenvalue weighted by atomic mass is 19.3. The molecule has 1 aromatic rings. The van der Waals surface area contributed by atoms with Gasteiger partial charge < -0.3 is 24.1 Å². The van der Waals surface area contributed by atoms with Gasteiger partial charge in [0.05, 0.1) is 30.9 Å². The van der Waals surface area contributed by atoms with Crippen molar-refractivity contribution >= 4 is 5.57 Å². The molecule has 7 nitrogen and oxygen atoms in total. The van der Waals surface area contributed by atoms with Crippen LogP contribution in [0.5, 0.6) is 0 Å². The van der Waals surface area contributed by atoms with Gasteiger partial charge in [-0.1, -0.05) is 0 Å². The van der Waals surface area contributed by atoms with Crippen LogP contribution in [-0.4, -0.2) is 55.1 Å². The molecule has 0 aliphatic carbocycles. The first-order valence-electron chi connectivity index (χ1n) is 10.6. The van der Waals surface area contributed by atoms with Crippen molar-refractivity contribution < 1.29 is 23.0 Å². The zero-order valence-corrected chi connectivity index (χ0v) is 17.4. The summed E-state index contributed by atoms with van der Waals surface area (Å²) in [6.45, 7) is 2.23. The van der Waals surface area contributed by atoms with E-state index >= 15 is 0 Å². The summed E-state index contributed by atoms with van der Waals surface area (Å²) in [7, 11) is 1.58. The summed E-state index contributed by atoms with van der Waals surface area (Å²) in [6.07, 6.45) is 4.29. The third-order valence-electron chi connectivity index (χ3n) is 6.80. The maximum atomic E-state index is 13.9. The van der Waals surface area contributed by atoms with Crippen LogP contribution in [0.4, 0.5) is 8.78 Å². The molecule has 0 aromatic carbocycles. The predicted octanol–water partition coefficient (Wildman–Crippen LogP) is 2.54. The molecule has 4 aliphatic rings. The van der Waals surface area contributed by atoms with Crippen molar-refractivity contribution in [2.24, 2.45) is 5.92 Å². The molecule has 1 aromatic heterocycles.